The number of rotatable bonds is 1. The Bertz CT molecular complexity index is 319. The minimum atomic E-state index is -0.812. The van der Waals surface area contributed by atoms with E-state index in [1.165, 1.54) is 25.7 Å². The molecule has 5 nitrogen and oxygen atoms in total. The van der Waals surface area contributed by atoms with E-state index in [-0.39, 0.29) is 5.92 Å². The van der Waals surface area contributed by atoms with Gasteiger partial charge in [-0.15, -0.1) is 0 Å². The average molecular weight is 253 g/mol. The van der Waals surface area contributed by atoms with Crippen molar-refractivity contribution in [2.45, 2.75) is 50.5 Å². The molecule has 0 amide bonds. The molecule has 1 saturated carbocycles. The second kappa shape index (κ2) is 6.31. The number of hydrogen-bond acceptors (Lipinski definition) is 4. The van der Waals surface area contributed by atoms with Crippen LogP contribution in [0, 0.1) is 5.92 Å². The first-order valence-corrected chi connectivity index (χ1v) is 6.91. The summed E-state index contributed by atoms with van der Waals surface area (Å²) in [7, 11) is 0. The number of nitrogens with one attached hydrogen (secondary N) is 3. The molecule has 18 heavy (non-hydrogen) atoms. The SMILES string of the molecule is O=C(O)C12CC1C=CCCCCCCCNNN2. The summed E-state index contributed by atoms with van der Waals surface area (Å²) < 4.78 is 0. The van der Waals surface area contributed by atoms with Gasteiger partial charge >= 0.3 is 5.97 Å². The van der Waals surface area contributed by atoms with Gasteiger partial charge in [0.15, 0.2) is 0 Å². The number of carboxylic acids is 1. The maximum absolute atomic E-state index is 11.3. The van der Waals surface area contributed by atoms with E-state index >= 15 is 0 Å². The number of hydrogen-bond donors (Lipinski definition) is 4. The van der Waals surface area contributed by atoms with Crippen molar-refractivity contribution in [3.8, 4) is 0 Å². The monoisotopic (exact) mass is 253 g/mol. The topological polar surface area (TPSA) is 73.4 Å². The summed E-state index contributed by atoms with van der Waals surface area (Å²) in [6.07, 6.45) is 12.0. The number of fused-ring (bicyclic) bond motifs is 1. The third-order valence-corrected chi connectivity index (χ3v) is 3.81. The summed E-state index contributed by atoms with van der Waals surface area (Å²) in [5.74, 6) is -0.675. The Kier molecular flexibility index (Phi) is 4.74. The molecule has 1 aliphatic carbocycles. The molecule has 0 spiro atoms. The van der Waals surface area contributed by atoms with Crippen LogP contribution in [0.2, 0.25) is 0 Å². The van der Waals surface area contributed by atoms with Crippen LogP contribution < -0.4 is 16.4 Å². The van der Waals surface area contributed by atoms with Gasteiger partial charge in [0, 0.05) is 12.5 Å². The lowest BCUT2D eigenvalue weighted by atomic mass is 10.1. The molecule has 2 aliphatic rings. The van der Waals surface area contributed by atoms with Crippen LogP contribution in [0.4, 0.5) is 0 Å². The van der Waals surface area contributed by atoms with Crippen molar-refractivity contribution < 1.29 is 9.90 Å². The van der Waals surface area contributed by atoms with E-state index in [2.05, 4.69) is 28.5 Å². The molecule has 102 valence electrons. The minimum absolute atomic E-state index is 0.104. The predicted octanol–water partition coefficient (Wildman–Crippen LogP) is 1.34. The van der Waals surface area contributed by atoms with Crippen LogP contribution in [0.15, 0.2) is 12.2 Å². The summed E-state index contributed by atoms with van der Waals surface area (Å²) in [6.45, 7) is 0.864. The zero-order valence-electron chi connectivity index (χ0n) is 10.7. The number of hydrazine groups is 2. The quantitative estimate of drug-likeness (QED) is 0.531. The molecule has 1 fully saturated rings. The average Bonchev–Trinajstić information content (AvgIpc) is 3.05. The Hall–Kier alpha value is -0.910. The Morgan fingerprint density at radius 2 is 2.00 bits per heavy atom. The summed E-state index contributed by atoms with van der Waals surface area (Å²) in [4.78, 5) is 11.3. The fraction of sp³-hybridized carbons (Fsp3) is 0.769. The molecule has 2 atom stereocenters. The first-order chi connectivity index (χ1) is 8.76. The van der Waals surface area contributed by atoms with E-state index in [1.54, 1.807) is 0 Å². The highest BCUT2D eigenvalue weighted by Gasteiger charge is 2.59. The lowest BCUT2D eigenvalue weighted by Gasteiger charge is -2.16. The van der Waals surface area contributed by atoms with Gasteiger partial charge in [-0.1, -0.05) is 31.4 Å². The van der Waals surface area contributed by atoms with Gasteiger partial charge in [0.25, 0.3) is 0 Å². The molecule has 2 unspecified atom stereocenters. The molecule has 0 bridgehead atoms. The molecular weight excluding hydrogens is 230 g/mol. The van der Waals surface area contributed by atoms with Crippen molar-refractivity contribution in [2.75, 3.05) is 6.54 Å². The molecular formula is C13H23N3O2. The summed E-state index contributed by atoms with van der Waals surface area (Å²) >= 11 is 0. The van der Waals surface area contributed by atoms with Gasteiger partial charge in [0.05, 0.1) is 0 Å². The first-order valence-electron chi connectivity index (χ1n) is 6.91. The van der Waals surface area contributed by atoms with Gasteiger partial charge in [-0.25, -0.2) is 10.9 Å². The van der Waals surface area contributed by atoms with Crippen molar-refractivity contribution in [2.24, 2.45) is 5.92 Å². The van der Waals surface area contributed by atoms with Crippen molar-refractivity contribution in [1.82, 2.24) is 16.4 Å². The second-order valence-corrected chi connectivity index (χ2v) is 5.25. The van der Waals surface area contributed by atoms with Crippen LogP contribution in [0.5, 0.6) is 0 Å². The standard InChI is InChI=1S/C13H23N3O2/c17-12(18)13-10-11(13)8-6-4-2-1-3-5-7-9-14-16-15-13/h6,8,11,14-16H,1-5,7,9-10H2,(H,17,18). The normalized spacial score (nSPS) is 34.3. The van der Waals surface area contributed by atoms with Gasteiger partial charge in [0.2, 0.25) is 0 Å². The van der Waals surface area contributed by atoms with Crippen LogP contribution in [-0.2, 0) is 4.79 Å². The molecule has 0 radical (unpaired) electrons. The fourth-order valence-corrected chi connectivity index (χ4v) is 2.45. The number of aliphatic carboxylic acids is 1. The van der Waals surface area contributed by atoms with Crippen LogP contribution in [-0.4, -0.2) is 23.2 Å². The zero-order valence-corrected chi connectivity index (χ0v) is 10.7. The third kappa shape index (κ3) is 3.31. The van der Waals surface area contributed by atoms with E-state index in [4.69, 9.17) is 0 Å². The Balaban J connectivity index is 1.89. The molecule has 0 aromatic heterocycles. The van der Waals surface area contributed by atoms with E-state index in [1.807, 2.05) is 0 Å². The molecule has 1 aliphatic heterocycles. The molecule has 4 N–H and O–H groups in total. The van der Waals surface area contributed by atoms with Gasteiger partial charge < -0.3 is 5.11 Å². The lowest BCUT2D eigenvalue weighted by Crippen LogP contribution is -2.54. The maximum Gasteiger partial charge on any atom is 0.325 e. The molecule has 0 aromatic rings. The van der Waals surface area contributed by atoms with Crippen molar-refractivity contribution in [3.05, 3.63) is 12.2 Å². The predicted molar refractivity (Wildman–Crippen MR) is 69.6 cm³/mol. The largest absolute Gasteiger partial charge is 0.480 e. The third-order valence-electron chi connectivity index (χ3n) is 3.81. The van der Waals surface area contributed by atoms with Crippen molar-refractivity contribution in [1.29, 1.82) is 0 Å². The zero-order chi connectivity index (χ0) is 12.8. The highest BCUT2D eigenvalue weighted by atomic mass is 16.4. The van der Waals surface area contributed by atoms with E-state index in [9.17, 15) is 9.90 Å². The lowest BCUT2D eigenvalue weighted by molar-refractivity contribution is -0.141. The van der Waals surface area contributed by atoms with Crippen LogP contribution in [0.25, 0.3) is 0 Å². The van der Waals surface area contributed by atoms with Gasteiger partial charge in [0.1, 0.15) is 5.54 Å². The van der Waals surface area contributed by atoms with Gasteiger partial charge in [-0.05, 0) is 25.7 Å². The molecule has 0 saturated heterocycles. The summed E-state index contributed by atoms with van der Waals surface area (Å²) in [5, 5.41) is 9.28. The number of carboxylic acid groups (broad SMARTS) is 1. The maximum atomic E-state index is 11.3. The van der Waals surface area contributed by atoms with E-state index in [0.29, 0.717) is 6.42 Å². The van der Waals surface area contributed by atoms with Gasteiger partial charge in [-0.2, -0.15) is 5.53 Å². The minimum Gasteiger partial charge on any atom is -0.480 e. The molecule has 2 rings (SSSR count). The smallest absolute Gasteiger partial charge is 0.325 e. The molecule has 0 aromatic carbocycles. The van der Waals surface area contributed by atoms with Crippen molar-refractivity contribution >= 4 is 5.97 Å². The molecule has 1 heterocycles. The van der Waals surface area contributed by atoms with Crippen LogP contribution in [0.1, 0.15) is 44.9 Å². The Labute approximate surface area is 108 Å². The van der Waals surface area contributed by atoms with Crippen LogP contribution in [0.3, 0.4) is 0 Å². The number of carbonyl (C=O) groups is 1. The highest BCUT2D eigenvalue weighted by Crippen LogP contribution is 2.44. The summed E-state index contributed by atoms with van der Waals surface area (Å²) in [5.41, 5.74) is 7.97. The highest BCUT2D eigenvalue weighted by molar-refractivity contribution is 5.83. The fourth-order valence-electron chi connectivity index (χ4n) is 2.45. The van der Waals surface area contributed by atoms with E-state index < -0.39 is 11.5 Å². The Morgan fingerprint density at radius 3 is 2.83 bits per heavy atom. The number of allylic oxidation sites excluding steroid dienone is 1. The van der Waals surface area contributed by atoms with Gasteiger partial charge in [-0.3, -0.25) is 4.79 Å². The van der Waals surface area contributed by atoms with Crippen LogP contribution >= 0.6 is 0 Å². The molecule has 5 heteroatoms. The summed E-state index contributed by atoms with van der Waals surface area (Å²) in [6, 6.07) is 0. The van der Waals surface area contributed by atoms with E-state index in [0.717, 1.165) is 19.4 Å². The van der Waals surface area contributed by atoms with Crippen molar-refractivity contribution in [3.63, 3.8) is 0 Å². The Morgan fingerprint density at radius 1 is 1.22 bits per heavy atom. The first kappa shape index (κ1) is 13.5. The second-order valence-electron chi connectivity index (χ2n) is 5.25.